The van der Waals surface area contributed by atoms with E-state index in [2.05, 4.69) is 5.32 Å². The van der Waals surface area contributed by atoms with Gasteiger partial charge in [-0.25, -0.2) is 0 Å². The van der Waals surface area contributed by atoms with Crippen molar-refractivity contribution in [2.45, 2.75) is 39.3 Å². The average molecular weight is 198 g/mol. The molecule has 4 nitrogen and oxygen atoms in total. The molecule has 4 heteroatoms. The van der Waals surface area contributed by atoms with Crippen LogP contribution in [0.1, 0.15) is 27.2 Å². The molecule has 0 spiro atoms. The van der Waals surface area contributed by atoms with Gasteiger partial charge in [-0.3, -0.25) is 14.5 Å². The van der Waals surface area contributed by atoms with Gasteiger partial charge in [-0.15, -0.1) is 0 Å². The summed E-state index contributed by atoms with van der Waals surface area (Å²) < 4.78 is 0. The molecular weight excluding hydrogens is 180 g/mol. The number of likely N-dealkylation sites (N-methyl/N-ethyl adjacent to an activating group) is 1. The zero-order valence-corrected chi connectivity index (χ0v) is 9.04. The van der Waals surface area contributed by atoms with Crippen molar-refractivity contribution >= 4 is 11.7 Å². The number of carbonyl (C=O) groups is 2. The van der Waals surface area contributed by atoms with Gasteiger partial charge in [0.15, 0.2) is 5.78 Å². The van der Waals surface area contributed by atoms with Gasteiger partial charge in [-0.05, 0) is 20.0 Å². The highest BCUT2D eigenvalue weighted by Crippen LogP contribution is 2.12. The SMILES string of the molecule is CCN(CC)C1CC(=O)NC(C)C1=O. The molecule has 1 rings (SSSR count). The minimum Gasteiger partial charge on any atom is -0.346 e. The van der Waals surface area contributed by atoms with Crippen molar-refractivity contribution in [1.82, 2.24) is 10.2 Å². The Kier molecular flexibility index (Phi) is 3.63. The number of piperidine rings is 1. The predicted molar refractivity (Wildman–Crippen MR) is 53.9 cm³/mol. The number of Topliss-reactive ketones (excluding diaryl/α,β-unsaturated/α-hetero) is 1. The van der Waals surface area contributed by atoms with Gasteiger partial charge in [0, 0.05) is 6.42 Å². The summed E-state index contributed by atoms with van der Waals surface area (Å²) in [5, 5.41) is 2.65. The third-order valence-electron chi connectivity index (χ3n) is 2.76. The quantitative estimate of drug-likeness (QED) is 0.703. The van der Waals surface area contributed by atoms with Crippen LogP contribution >= 0.6 is 0 Å². The van der Waals surface area contributed by atoms with Crippen molar-refractivity contribution < 1.29 is 9.59 Å². The van der Waals surface area contributed by atoms with Gasteiger partial charge in [0.1, 0.15) is 0 Å². The molecule has 2 unspecified atom stereocenters. The van der Waals surface area contributed by atoms with E-state index in [0.717, 1.165) is 13.1 Å². The lowest BCUT2D eigenvalue weighted by Crippen LogP contribution is -2.56. The molecule has 2 atom stereocenters. The number of ketones is 1. The van der Waals surface area contributed by atoms with Crippen LogP contribution in [0.5, 0.6) is 0 Å². The maximum Gasteiger partial charge on any atom is 0.222 e. The zero-order valence-electron chi connectivity index (χ0n) is 9.04. The van der Waals surface area contributed by atoms with Crippen LogP contribution in [0.4, 0.5) is 0 Å². The van der Waals surface area contributed by atoms with Crippen molar-refractivity contribution in [2.24, 2.45) is 0 Å². The fourth-order valence-electron chi connectivity index (χ4n) is 1.91. The van der Waals surface area contributed by atoms with Crippen LogP contribution in [-0.2, 0) is 9.59 Å². The molecule has 1 heterocycles. The normalized spacial score (nSPS) is 28.0. The lowest BCUT2D eigenvalue weighted by molar-refractivity contribution is -0.137. The van der Waals surface area contributed by atoms with Crippen LogP contribution in [-0.4, -0.2) is 41.8 Å². The van der Waals surface area contributed by atoms with Gasteiger partial charge in [0.2, 0.25) is 5.91 Å². The molecular formula is C10H18N2O2. The Labute approximate surface area is 84.7 Å². The first kappa shape index (κ1) is 11.2. The van der Waals surface area contributed by atoms with Gasteiger partial charge >= 0.3 is 0 Å². The second-order valence-corrected chi connectivity index (χ2v) is 3.63. The van der Waals surface area contributed by atoms with Crippen LogP contribution in [0.2, 0.25) is 0 Å². The highest BCUT2D eigenvalue weighted by molar-refractivity contribution is 5.99. The second kappa shape index (κ2) is 4.55. The fraction of sp³-hybridized carbons (Fsp3) is 0.800. The molecule has 80 valence electrons. The minimum atomic E-state index is -0.332. The number of carbonyl (C=O) groups excluding carboxylic acids is 2. The third kappa shape index (κ3) is 2.12. The van der Waals surface area contributed by atoms with Crippen molar-refractivity contribution in [3.8, 4) is 0 Å². The van der Waals surface area contributed by atoms with E-state index in [4.69, 9.17) is 0 Å². The van der Waals surface area contributed by atoms with Crippen molar-refractivity contribution in [2.75, 3.05) is 13.1 Å². The summed E-state index contributed by atoms with van der Waals surface area (Å²) in [5.41, 5.74) is 0. The molecule has 1 N–H and O–H groups in total. The van der Waals surface area contributed by atoms with E-state index in [1.165, 1.54) is 0 Å². The Balaban J connectivity index is 2.74. The lowest BCUT2D eigenvalue weighted by atomic mass is 9.97. The molecule has 0 radical (unpaired) electrons. The lowest BCUT2D eigenvalue weighted by Gasteiger charge is -2.33. The highest BCUT2D eigenvalue weighted by Gasteiger charge is 2.34. The summed E-state index contributed by atoms with van der Waals surface area (Å²) in [6, 6.07) is -0.546. The van der Waals surface area contributed by atoms with E-state index in [1.54, 1.807) is 6.92 Å². The number of hydrogen-bond donors (Lipinski definition) is 1. The minimum absolute atomic E-state index is 0.0194. The number of rotatable bonds is 3. The first-order chi connectivity index (χ1) is 6.60. The summed E-state index contributed by atoms with van der Waals surface area (Å²) in [7, 11) is 0. The van der Waals surface area contributed by atoms with Crippen molar-refractivity contribution in [1.29, 1.82) is 0 Å². The Morgan fingerprint density at radius 3 is 2.43 bits per heavy atom. The topological polar surface area (TPSA) is 49.4 Å². The standard InChI is InChI=1S/C10H18N2O2/c1-4-12(5-2)8-6-9(13)11-7(3)10(8)14/h7-8H,4-6H2,1-3H3,(H,11,13). The number of nitrogens with one attached hydrogen (secondary N) is 1. The van der Waals surface area contributed by atoms with Crippen molar-refractivity contribution in [3.05, 3.63) is 0 Å². The van der Waals surface area contributed by atoms with Crippen LogP contribution < -0.4 is 5.32 Å². The number of nitrogens with zero attached hydrogens (tertiary/aromatic N) is 1. The molecule has 1 saturated heterocycles. The van der Waals surface area contributed by atoms with Gasteiger partial charge in [0.05, 0.1) is 12.1 Å². The molecule has 1 aliphatic rings. The zero-order chi connectivity index (χ0) is 10.7. The molecule has 14 heavy (non-hydrogen) atoms. The van der Waals surface area contributed by atoms with Gasteiger partial charge < -0.3 is 5.32 Å². The Hall–Kier alpha value is -0.900. The van der Waals surface area contributed by atoms with E-state index < -0.39 is 0 Å². The number of amides is 1. The highest BCUT2D eigenvalue weighted by atomic mass is 16.2. The molecule has 1 aliphatic heterocycles. The molecule has 0 aliphatic carbocycles. The second-order valence-electron chi connectivity index (χ2n) is 3.63. The van der Waals surface area contributed by atoms with Crippen LogP contribution in [0, 0.1) is 0 Å². The summed E-state index contributed by atoms with van der Waals surface area (Å²) in [6.45, 7) is 7.39. The van der Waals surface area contributed by atoms with E-state index in [1.807, 2.05) is 18.7 Å². The van der Waals surface area contributed by atoms with Gasteiger partial charge in [-0.1, -0.05) is 13.8 Å². The van der Waals surface area contributed by atoms with Gasteiger partial charge in [0.25, 0.3) is 0 Å². The summed E-state index contributed by atoms with van der Waals surface area (Å²) in [5.74, 6) is 0.113. The Bertz CT molecular complexity index is 236. The maximum absolute atomic E-state index is 11.8. The molecule has 0 aromatic carbocycles. The Morgan fingerprint density at radius 1 is 1.36 bits per heavy atom. The number of hydrogen-bond acceptors (Lipinski definition) is 3. The molecule has 0 aromatic rings. The van der Waals surface area contributed by atoms with E-state index in [0.29, 0.717) is 6.42 Å². The van der Waals surface area contributed by atoms with Crippen LogP contribution in [0.25, 0.3) is 0 Å². The molecule has 1 amide bonds. The molecule has 0 saturated carbocycles. The summed E-state index contributed by atoms with van der Waals surface area (Å²) in [6.07, 6.45) is 0.310. The molecule has 0 aromatic heterocycles. The average Bonchev–Trinajstić information content (AvgIpc) is 2.15. The first-order valence-corrected chi connectivity index (χ1v) is 5.17. The van der Waals surface area contributed by atoms with E-state index >= 15 is 0 Å². The first-order valence-electron chi connectivity index (χ1n) is 5.17. The summed E-state index contributed by atoms with van der Waals surface area (Å²) in [4.78, 5) is 25.1. The maximum atomic E-state index is 11.8. The third-order valence-corrected chi connectivity index (χ3v) is 2.76. The fourth-order valence-corrected chi connectivity index (χ4v) is 1.91. The Morgan fingerprint density at radius 2 is 1.93 bits per heavy atom. The predicted octanol–water partition coefficient (Wildman–Crippen LogP) is 0.174. The largest absolute Gasteiger partial charge is 0.346 e. The molecule has 0 bridgehead atoms. The van der Waals surface area contributed by atoms with Crippen molar-refractivity contribution in [3.63, 3.8) is 0 Å². The van der Waals surface area contributed by atoms with E-state index in [9.17, 15) is 9.59 Å². The monoisotopic (exact) mass is 198 g/mol. The molecule has 1 fully saturated rings. The summed E-state index contributed by atoms with van der Waals surface area (Å²) >= 11 is 0. The van der Waals surface area contributed by atoms with Crippen LogP contribution in [0.15, 0.2) is 0 Å². The van der Waals surface area contributed by atoms with Gasteiger partial charge in [-0.2, -0.15) is 0 Å². The van der Waals surface area contributed by atoms with Crippen LogP contribution in [0.3, 0.4) is 0 Å². The van der Waals surface area contributed by atoms with E-state index in [-0.39, 0.29) is 23.8 Å². The smallest absolute Gasteiger partial charge is 0.222 e.